The molecule has 2 aliphatic rings. The Labute approximate surface area is 129 Å². The fourth-order valence-electron chi connectivity index (χ4n) is 3.07. The van der Waals surface area contributed by atoms with Crippen LogP contribution in [0.15, 0.2) is 24.9 Å². The molecule has 0 aliphatic carbocycles. The molecule has 1 aromatic heterocycles. The lowest BCUT2D eigenvalue weighted by Gasteiger charge is -2.43. The molecule has 22 heavy (non-hydrogen) atoms. The normalized spacial score (nSPS) is 26.8. The van der Waals surface area contributed by atoms with Crippen molar-refractivity contribution in [2.24, 2.45) is 0 Å². The topological polar surface area (TPSA) is 70.7 Å². The van der Waals surface area contributed by atoms with E-state index in [1.807, 2.05) is 11.0 Å². The number of H-pyrrole nitrogens is 1. The first kappa shape index (κ1) is 15.2. The minimum atomic E-state index is -0.465. The van der Waals surface area contributed by atoms with E-state index >= 15 is 0 Å². The lowest BCUT2D eigenvalue weighted by Crippen LogP contribution is -2.59. The van der Waals surface area contributed by atoms with Crippen molar-refractivity contribution < 1.29 is 14.3 Å². The number of carbonyl (C=O) groups excluding carboxylic acids is 1. The zero-order valence-corrected chi connectivity index (χ0v) is 12.7. The highest BCUT2D eigenvalue weighted by Gasteiger charge is 2.41. The highest BCUT2D eigenvalue weighted by molar-refractivity contribution is 5.92. The zero-order chi connectivity index (χ0) is 15.4. The Hall–Kier alpha value is -1.70. The molecule has 120 valence electrons. The summed E-state index contributed by atoms with van der Waals surface area (Å²) >= 11 is 0. The molecule has 3 heterocycles. The van der Waals surface area contributed by atoms with E-state index in [2.05, 4.69) is 21.7 Å². The second-order valence-electron chi connectivity index (χ2n) is 5.80. The van der Waals surface area contributed by atoms with Crippen LogP contribution in [0.5, 0.6) is 0 Å². The van der Waals surface area contributed by atoms with Gasteiger partial charge in [0, 0.05) is 32.4 Å². The maximum Gasteiger partial charge on any atom is 0.272 e. The molecule has 7 heteroatoms. The summed E-state index contributed by atoms with van der Waals surface area (Å²) in [5, 5.41) is 6.58. The van der Waals surface area contributed by atoms with Gasteiger partial charge in [0.15, 0.2) is 0 Å². The van der Waals surface area contributed by atoms with Gasteiger partial charge in [-0.25, -0.2) is 0 Å². The number of hydrogen-bond acceptors (Lipinski definition) is 5. The second kappa shape index (κ2) is 6.60. The average Bonchev–Trinajstić information content (AvgIpc) is 2.99. The van der Waals surface area contributed by atoms with Gasteiger partial charge in [-0.3, -0.25) is 14.8 Å². The van der Waals surface area contributed by atoms with E-state index in [0.717, 1.165) is 19.6 Å². The summed E-state index contributed by atoms with van der Waals surface area (Å²) in [6.45, 7) is 9.00. The Kier molecular flexibility index (Phi) is 4.56. The number of carbonyl (C=O) groups is 1. The summed E-state index contributed by atoms with van der Waals surface area (Å²) < 4.78 is 11.8. The third kappa shape index (κ3) is 3.21. The molecule has 1 unspecified atom stereocenters. The lowest BCUT2D eigenvalue weighted by atomic mass is 10.0. The van der Waals surface area contributed by atoms with Crippen LogP contribution >= 0.6 is 0 Å². The van der Waals surface area contributed by atoms with Gasteiger partial charge in [0.25, 0.3) is 5.91 Å². The molecule has 0 aromatic carbocycles. The zero-order valence-electron chi connectivity index (χ0n) is 12.7. The summed E-state index contributed by atoms with van der Waals surface area (Å²) in [5.41, 5.74) is 0.0440. The molecule has 1 amide bonds. The van der Waals surface area contributed by atoms with Crippen LogP contribution in [-0.2, 0) is 9.47 Å². The summed E-state index contributed by atoms with van der Waals surface area (Å²) in [6, 6.07) is 1.69. The Balaban J connectivity index is 1.72. The Bertz CT molecular complexity index is 519. The minimum Gasteiger partial charge on any atom is -0.377 e. The number of aromatic amines is 1. The first-order chi connectivity index (χ1) is 10.7. The molecule has 1 spiro atoms. The Morgan fingerprint density at radius 2 is 2.36 bits per heavy atom. The maximum atomic E-state index is 12.5. The molecule has 2 saturated heterocycles. The number of morpholine rings is 1. The van der Waals surface area contributed by atoms with E-state index in [1.54, 1.807) is 12.3 Å². The van der Waals surface area contributed by atoms with Gasteiger partial charge in [-0.15, -0.1) is 6.58 Å². The molecule has 7 nitrogen and oxygen atoms in total. The molecular formula is C15H22N4O3. The van der Waals surface area contributed by atoms with Crippen molar-refractivity contribution >= 4 is 5.91 Å². The predicted molar refractivity (Wildman–Crippen MR) is 80.6 cm³/mol. The van der Waals surface area contributed by atoms with Crippen molar-refractivity contribution in [1.29, 1.82) is 0 Å². The summed E-state index contributed by atoms with van der Waals surface area (Å²) in [6.07, 6.45) is 3.47. The van der Waals surface area contributed by atoms with E-state index in [4.69, 9.17) is 9.47 Å². The Morgan fingerprint density at radius 3 is 3.14 bits per heavy atom. The highest BCUT2D eigenvalue weighted by Crippen LogP contribution is 2.23. The Morgan fingerprint density at radius 1 is 1.45 bits per heavy atom. The number of nitrogens with zero attached hydrogens (tertiary/aromatic N) is 3. The van der Waals surface area contributed by atoms with Crippen molar-refractivity contribution in [1.82, 2.24) is 20.0 Å². The van der Waals surface area contributed by atoms with Gasteiger partial charge in [-0.2, -0.15) is 5.10 Å². The van der Waals surface area contributed by atoms with Crippen LogP contribution in [0.1, 0.15) is 10.5 Å². The number of rotatable bonds is 3. The number of nitrogens with one attached hydrogen (secondary N) is 1. The summed E-state index contributed by atoms with van der Waals surface area (Å²) in [4.78, 5) is 16.6. The largest absolute Gasteiger partial charge is 0.377 e. The predicted octanol–water partition coefficient (Wildman–Crippen LogP) is 0.139. The number of ether oxygens (including phenoxy) is 2. The summed E-state index contributed by atoms with van der Waals surface area (Å²) in [5.74, 6) is -0.0420. The molecule has 2 fully saturated rings. The van der Waals surface area contributed by atoms with Crippen LogP contribution in [0.2, 0.25) is 0 Å². The van der Waals surface area contributed by atoms with Crippen LogP contribution in [0.4, 0.5) is 0 Å². The maximum absolute atomic E-state index is 12.5. The smallest absolute Gasteiger partial charge is 0.272 e. The minimum absolute atomic E-state index is 0.0420. The van der Waals surface area contributed by atoms with Crippen molar-refractivity contribution in [2.75, 3.05) is 52.5 Å². The van der Waals surface area contributed by atoms with Crippen molar-refractivity contribution in [2.45, 2.75) is 5.60 Å². The lowest BCUT2D eigenvalue weighted by molar-refractivity contribution is -0.132. The fraction of sp³-hybridized carbons (Fsp3) is 0.600. The van der Waals surface area contributed by atoms with E-state index in [9.17, 15) is 4.79 Å². The molecule has 1 aromatic rings. The third-order valence-electron chi connectivity index (χ3n) is 4.08. The fourth-order valence-corrected chi connectivity index (χ4v) is 3.07. The quantitative estimate of drug-likeness (QED) is 0.804. The first-order valence-electron chi connectivity index (χ1n) is 7.56. The highest BCUT2D eigenvalue weighted by atomic mass is 16.5. The molecule has 0 saturated carbocycles. The monoisotopic (exact) mass is 306 g/mol. The van der Waals surface area contributed by atoms with Crippen molar-refractivity contribution in [3.63, 3.8) is 0 Å². The van der Waals surface area contributed by atoms with Crippen LogP contribution < -0.4 is 0 Å². The number of amides is 1. The number of hydrogen-bond donors (Lipinski definition) is 1. The van der Waals surface area contributed by atoms with Gasteiger partial charge >= 0.3 is 0 Å². The SMILES string of the molecule is C=CCN1CCOCC2(C1)CN(C(=O)c1ccn[nH]1)CCO2. The van der Waals surface area contributed by atoms with Gasteiger partial charge in [0.2, 0.25) is 0 Å². The average molecular weight is 306 g/mol. The molecule has 0 bridgehead atoms. The van der Waals surface area contributed by atoms with E-state index in [0.29, 0.717) is 38.6 Å². The van der Waals surface area contributed by atoms with E-state index in [-0.39, 0.29) is 5.91 Å². The van der Waals surface area contributed by atoms with Gasteiger partial charge < -0.3 is 14.4 Å². The van der Waals surface area contributed by atoms with E-state index < -0.39 is 5.60 Å². The molecule has 2 aliphatic heterocycles. The first-order valence-corrected chi connectivity index (χ1v) is 7.56. The standard InChI is InChI=1S/C15H22N4O3/c1-2-5-18-6-8-21-12-15(10-18)11-19(7-9-22-15)14(20)13-3-4-16-17-13/h2-4H,1,5-12H2,(H,16,17). The third-order valence-corrected chi connectivity index (χ3v) is 4.08. The van der Waals surface area contributed by atoms with Crippen LogP contribution in [0.3, 0.4) is 0 Å². The second-order valence-corrected chi connectivity index (χ2v) is 5.80. The number of aromatic nitrogens is 2. The van der Waals surface area contributed by atoms with Gasteiger partial charge in [-0.1, -0.05) is 6.08 Å². The van der Waals surface area contributed by atoms with E-state index in [1.165, 1.54) is 0 Å². The van der Waals surface area contributed by atoms with Crippen LogP contribution in [0.25, 0.3) is 0 Å². The molecule has 1 atom stereocenters. The molecule has 0 radical (unpaired) electrons. The van der Waals surface area contributed by atoms with Crippen LogP contribution in [-0.4, -0.2) is 84.0 Å². The molecule has 3 rings (SSSR count). The van der Waals surface area contributed by atoms with Gasteiger partial charge in [0.1, 0.15) is 11.3 Å². The van der Waals surface area contributed by atoms with Gasteiger partial charge in [-0.05, 0) is 6.07 Å². The molecular weight excluding hydrogens is 284 g/mol. The summed E-state index contributed by atoms with van der Waals surface area (Å²) in [7, 11) is 0. The van der Waals surface area contributed by atoms with Gasteiger partial charge in [0.05, 0.1) is 26.4 Å². The van der Waals surface area contributed by atoms with Crippen LogP contribution in [0, 0.1) is 0 Å². The van der Waals surface area contributed by atoms with Crippen molar-refractivity contribution in [3.05, 3.63) is 30.6 Å². The molecule has 1 N–H and O–H groups in total. The van der Waals surface area contributed by atoms with Crippen molar-refractivity contribution in [3.8, 4) is 0 Å².